The fourth-order valence-corrected chi connectivity index (χ4v) is 0.603. The molecule has 0 spiro atoms. The van der Waals surface area contributed by atoms with Gasteiger partial charge in [-0.15, -0.1) is 6.58 Å². The summed E-state index contributed by atoms with van der Waals surface area (Å²) in [4.78, 5) is 10.5. The van der Waals surface area contributed by atoms with Crippen molar-refractivity contribution >= 4 is 5.97 Å². The molecule has 0 aliphatic carbocycles. The van der Waals surface area contributed by atoms with Gasteiger partial charge in [-0.2, -0.15) is 0 Å². The second kappa shape index (κ2) is 3.32. The van der Waals surface area contributed by atoms with Crippen molar-refractivity contribution in [1.29, 1.82) is 0 Å². The normalized spacial score (nSPS) is 15.1. The number of hydrogen-bond acceptors (Lipinski definition) is 1. The molecule has 0 aliphatic rings. The highest BCUT2D eigenvalue weighted by Crippen LogP contribution is 2.31. The predicted molar refractivity (Wildman–Crippen MR) is 40.8 cm³/mol. The molecule has 0 bridgehead atoms. The Morgan fingerprint density at radius 1 is 1.82 bits per heavy atom. The summed E-state index contributed by atoms with van der Waals surface area (Å²) in [5, 5.41) is 8.59. The highest BCUT2D eigenvalue weighted by molar-refractivity contribution is 5.77. The molecule has 0 amide bonds. The van der Waals surface area contributed by atoms with Crippen LogP contribution in [0.4, 0.5) is 4.39 Å². The first-order chi connectivity index (χ1) is 4.95. The number of rotatable bonds is 4. The van der Waals surface area contributed by atoms with E-state index >= 15 is 0 Å². The van der Waals surface area contributed by atoms with Crippen LogP contribution in [0.5, 0.6) is 0 Å². The van der Waals surface area contributed by atoms with E-state index in [1.807, 2.05) is 0 Å². The lowest BCUT2D eigenvalue weighted by atomic mass is 9.86. The summed E-state index contributed by atoms with van der Waals surface area (Å²) in [6.45, 7) is 7.59. The van der Waals surface area contributed by atoms with Crippen LogP contribution < -0.4 is 0 Å². The summed E-state index contributed by atoms with van der Waals surface area (Å²) in [6, 6.07) is 0. The standard InChI is InChI=1S/C8H11FO2/c1-4-5-8(3,6(2)9)7(10)11/h4H,1-2,5H2,3H3,(H,10,11). The van der Waals surface area contributed by atoms with Gasteiger partial charge in [0.05, 0.1) is 0 Å². The molecule has 3 heteroatoms. The maximum absolute atomic E-state index is 12.6. The van der Waals surface area contributed by atoms with E-state index in [-0.39, 0.29) is 6.42 Å². The van der Waals surface area contributed by atoms with E-state index < -0.39 is 17.2 Å². The molecule has 11 heavy (non-hydrogen) atoms. The van der Waals surface area contributed by atoms with Crippen LogP contribution in [0.15, 0.2) is 25.1 Å². The second-order valence-electron chi connectivity index (χ2n) is 2.53. The van der Waals surface area contributed by atoms with Gasteiger partial charge in [-0.25, -0.2) is 4.39 Å². The van der Waals surface area contributed by atoms with E-state index in [0.717, 1.165) is 0 Å². The van der Waals surface area contributed by atoms with E-state index in [1.54, 1.807) is 0 Å². The van der Waals surface area contributed by atoms with Crippen LogP contribution in [0.25, 0.3) is 0 Å². The molecular weight excluding hydrogens is 147 g/mol. The van der Waals surface area contributed by atoms with Crippen molar-refractivity contribution in [2.75, 3.05) is 0 Å². The van der Waals surface area contributed by atoms with Crippen LogP contribution in [-0.4, -0.2) is 11.1 Å². The third-order valence-corrected chi connectivity index (χ3v) is 1.62. The zero-order valence-electron chi connectivity index (χ0n) is 6.43. The van der Waals surface area contributed by atoms with Crippen LogP contribution >= 0.6 is 0 Å². The summed E-state index contributed by atoms with van der Waals surface area (Å²) in [5.41, 5.74) is -1.51. The minimum Gasteiger partial charge on any atom is -0.481 e. The number of carboxylic acid groups (broad SMARTS) is 1. The van der Waals surface area contributed by atoms with Gasteiger partial charge >= 0.3 is 5.97 Å². The Bertz CT molecular complexity index is 182. The van der Waals surface area contributed by atoms with E-state index in [0.29, 0.717) is 0 Å². The minimum atomic E-state index is -1.51. The highest BCUT2D eigenvalue weighted by atomic mass is 19.1. The van der Waals surface area contributed by atoms with Gasteiger partial charge in [-0.05, 0) is 13.3 Å². The summed E-state index contributed by atoms with van der Waals surface area (Å²) >= 11 is 0. The summed E-state index contributed by atoms with van der Waals surface area (Å²) in [5.74, 6) is -2.06. The number of allylic oxidation sites excluding steroid dienone is 1. The van der Waals surface area contributed by atoms with E-state index in [1.165, 1.54) is 13.0 Å². The van der Waals surface area contributed by atoms with Gasteiger partial charge in [-0.1, -0.05) is 12.7 Å². The molecule has 0 rings (SSSR count). The molecule has 0 aliphatic heterocycles. The molecule has 0 saturated heterocycles. The molecule has 1 N–H and O–H groups in total. The Labute approximate surface area is 65.0 Å². The van der Waals surface area contributed by atoms with Crippen LogP contribution in [0.3, 0.4) is 0 Å². The average molecular weight is 158 g/mol. The van der Waals surface area contributed by atoms with Gasteiger partial charge in [0.2, 0.25) is 0 Å². The first-order valence-electron chi connectivity index (χ1n) is 3.14. The number of hydrogen-bond donors (Lipinski definition) is 1. The first kappa shape index (κ1) is 9.88. The molecule has 0 radical (unpaired) electrons. The van der Waals surface area contributed by atoms with Gasteiger partial charge < -0.3 is 5.11 Å². The van der Waals surface area contributed by atoms with Crippen molar-refractivity contribution < 1.29 is 14.3 Å². The number of carbonyl (C=O) groups is 1. The summed E-state index contributed by atoms with van der Waals surface area (Å²) in [6.07, 6.45) is 1.41. The lowest BCUT2D eigenvalue weighted by Crippen LogP contribution is -2.27. The minimum absolute atomic E-state index is 0.0532. The van der Waals surface area contributed by atoms with Gasteiger partial charge in [0.15, 0.2) is 0 Å². The van der Waals surface area contributed by atoms with Crippen molar-refractivity contribution in [3.05, 3.63) is 25.1 Å². The molecule has 0 aromatic carbocycles. The number of halogens is 1. The number of aliphatic carboxylic acids is 1. The van der Waals surface area contributed by atoms with Crippen molar-refractivity contribution in [1.82, 2.24) is 0 Å². The molecule has 1 unspecified atom stereocenters. The molecule has 0 saturated carbocycles. The smallest absolute Gasteiger partial charge is 0.316 e. The van der Waals surface area contributed by atoms with Crippen molar-refractivity contribution in [2.45, 2.75) is 13.3 Å². The van der Waals surface area contributed by atoms with E-state index in [4.69, 9.17) is 5.11 Å². The Hall–Kier alpha value is -1.12. The maximum Gasteiger partial charge on any atom is 0.316 e. The third kappa shape index (κ3) is 1.90. The van der Waals surface area contributed by atoms with Crippen molar-refractivity contribution in [3.8, 4) is 0 Å². The Morgan fingerprint density at radius 2 is 2.27 bits per heavy atom. The van der Waals surface area contributed by atoms with E-state index in [9.17, 15) is 9.18 Å². The van der Waals surface area contributed by atoms with Crippen LogP contribution in [0.1, 0.15) is 13.3 Å². The van der Waals surface area contributed by atoms with Gasteiger partial charge in [0.25, 0.3) is 0 Å². The molecule has 0 aromatic heterocycles. The zero-order valence-corrected chi connectivity index (χ0v) is 6.43. The van der Waals surface area contributed by atoms with Gasteiger partial charge in [0.1, 0.15) is 11.2 Å². The fourth-order valence-electron chi connectivity index (χ4n) is 0.603. The van der Waals surface area contributed by atoms with Gasteiger partial charge in [0, 0.05) is 0 Å². The molecule has 0 aromatic rings. The average Bonchev–Trinajstić information content (AvgIpc) is 1.87. The maximum atomic E-state index is 12.6. The van der Waals surface area contributed by atoms with Crippen LogP contribution in [0.2, 0.25) is 0 Å². The summed E-state index contributed by atoms with van der Waals surface area (Å²) < 4.78 is 12.6. The third-order valence-electron chi connectivity index (χ3n) is 1.62. The Balaban J connectivity index is 4.65. The first-order valence-corrected chi connectivity index (χ1v) is 3.14. The monoisotopic (exact) mass is 158 g/mol. The number of carboxylic acids is 1. The lowest BCUT2D eigenvalue weighted by molar-refractivity contribution is -0.146. The second-order valence-corrected chi connectivity index (χ2v) is 2.53. The van der Waals surface area contributed by atoms with Gasteiger partial charge in [-0.3, -0.25) is 4.79 Å². The van der Waals surface area contributed by atoms with E-state index in [2.05, 4.69) is 13.2 Å². The molecule has 0 fully saturated rings. The molecule has 62 valence electrons. The molecular formula is C8H11FO2. The zero-order chi connectivity index (χ0) is 9.07. The van der Waals surface area contributed by atoms with Crippen LogP contribution in [-0.2, 0) is 4.79 Å². The topological polar surface area (TPSA) is 37.3 Å². The molecule has 2 nitrogen and oxygen atoms in total. The predicted octanol–water partition coefficient (Wildman–Crippen LogP) is 2.14. The quantitative estimate of drug-likeness (QED) is 0.636. The molecule has 0 heterocycles. The SMILES string of the molecule is C=CCC(C)(C(=C)F)C(=O)O. The van der Waals surface area contributed by atoms with Crippen LogP contribution in [0, 0.1) is 5.41 Å². The largest absolute Gasteiger partial charge is 0.481 e. The lowest BCUT2D eigenvalue weighted by Gasteiger charge is -2.19. The fraction of sp³-hybridized carbons (Fsp3) is 0.375. The summed E-state index contributed by atoms with van der Waals surface area (Å²) in [7, 11) is 0. The Morgan fingerprint density at radius 3 is 2.36 bits per heavy atom. The molecule has 1 atom stereocenters. The highest BCUT2D eigenvalue weighted by Gasteiger charge is 2.35. The Kier molecular flexibility index (Phi) is 2.99. The van der Waals surface area contributed by atoms with Crippen molar-refractivity contribution in [2.24, 2.45) is 5.41 Å². The van der Waals surface area contributed by atoms with Crippen molar-refractivity contribution in [3.63, 3.8) is 0 Å².